The molecule has 5 rings (SSSR count). The van der Waals surface area contributed by atoms with Gasteiger partial charge in [-0.1, -0.05) is 18.2 Å². The van der Waals surface area contributed by atoms with Crippen LogP contribution in [0.5, 0.6) is 0 Å². The fourth-order valence-electron chi connectivity index (χ4n) is 6.07. The fourth-order valence-corrected chi connectivity index (χ4v) is 7.72. The Hall–Kier alpha value is -2.13. The zero-order chi connectivity index (χ0) is 22.5. The lowest BCUT2D eigenvalue weighted by molar-refractivity contribution is -0.144. The molecule has 3 amide bonds. The van der Waals surface area contributed by atoms with Gasteiger partial charge in [0.2, 0.25) is 15.9 Å². The summed E-state index contributed by atoms with van der Waals surface area (Å²) in [4.78, 5) is 31.8. The summed E-state index contributed by atoms with van der Waals surface area (Å²) in [6, 6.07) is 7.33. The van der Waals surface area contributed by atoms with Crippen molar-refractivity contribution in [1.29, 1.82) is 0 Å². The molecular formula is C23H32N4O4S. The molecule has 0 aliphatic carbocycles. The van der Waals surface area contributed by atoms with Gasteiger partial charge in [-0.25, -0.2) is 13.2 Å². The van der Waals surface area contributed by atoms with Gasteiger partial charge in [-0.2, -0.15) is 4.31 Å². The number of benzene rings is 1. The molecule has 2 unspecified atom stereocenters. The SMILES string of the molecule is Cc1ccccc1S(=O)(=O)N1CCN(C(=O)N2CC3CC(C2)[C@H]2CCCC(=O)N2C3)CC1. The smallest absolute Gasteiger partial charge is 0.320 e. The number of aryl methyl sites for hydroxylation is 1. The number of fused-ring (bicyclic) bond motifs is 4. The van der Waals surface area contributed by atoms with Crippen molar-refractivity contribution in [2.45, 2.75) is 43.5 Å². The van der Waals surface area contributed by atoms with Crippen LogP contribution < -0.4 is 0 Å². The summed E-state index contributed by atoms with van der Waals surface area (Å²) < 4.78 is 27.6. The molecular weight excluding hydrogens is 428 g/mol. The normalized spacial score (nSPS) is 29.1. The van der Waals surface area contributed by atoms with Crippen LogP contribution in [-0.2, 0) is 14.8 Å². The molecule has 174 valence electrons. The minimum absolute atomic E-state index is 0.0169. The van der Waals surface area contributed by atoms with Gasteiger partial charge in [0.25, 0.3) is 0 Å². The van der Waals surface area contributed by atoms with Crippen molar-refractivity contribution < 1.29 is 18.0 Å². The quantitative estimate of drug-likeness (QED) is 0.674. The first-order chi connectivity index (χ1) is 15.3. The maximum Gasteiger partial charge on any atom is 0.320 e. The largest absolute Gasteiger partial charge is 0.339 e. The second-order valence-electron chi connectivity index (χ2n) is 9.71. The average molecular weight is 461 g/mol. The van der Waals surface area contributed by atoms with Crippen molar-refractivity contribution in [2.24, 2.45) is 11.8 Å². The summed E-state index contributed by atoms with van der Waals surface area (Å²) in [5, 5.41) is 0. The molecule has 8 nitrogen and oxygen atoms in total. The Bertz CT molecular complexity index is 1010. The molecule has 0 spiro atoms. The van der Waals surface area contributed by atoms with Crippen LogP contribution in [0.3, 0.4) is 0 Å². The molecule has 0 saturated carbocycles. The number of urea groups is 1. The van der Waals surface area contributed by atoms with E-state index in [0.29, 0.717) is 62.4 Å². The van der Waals surface area contributed by atoms with Crippen molar-refractivity contribution in [1.82, 2.24) is 19.0 Å². The third-order valence-electron chi connectivity index (χ3n) is 7.67. The minimum Gasteiger partial charge on any atom is -0.339 e. The first kappa shape index (κ1) is 21.7. The van der Waals surface area contributed by atoms with Crippen LogP contribution in [-0.4, -0.2) is 91.2 Å². The average Bonchev–Trinajstić information content (AvgIpc) is 2.79. The van der Waals surface area contributed by atoms with E-state index >= 15 is 0 Å². The molecule has 9 heteroatoms. The Labute approximate surface area is 190 Å². The van der Waals surface area contributed by atoms with Crippen molar-refractivity contribution in [3.05, 3.63) is 29.8 Å². The summed E-state index contributed by atoms with van der Waals surface area (Å²) in [6.07, 6.45) is 3.75. The summed E-state index contributed by atoms with van der Waals surface area (Å²) in [6.45, 7) is 5.40. The Morgan fingerprint density at radius 3 is 2.50 bits per heavy atom. The lowest BCUT2D eigenvalue weighted by Gasteiger charge is -2.53. The topological polar surface area (TPSA) is 81.2 Å². The molecule has 2 bridgehead atoms. The summed E-state index contributed by atoms with van der Waals surface area (Å²) >= 11 is 0. The van der Waals surface area contributed by atoms with Crippen molar-refractivity contribution in [2.75, 3.05) is 45.8 Å². The van der Waals surface area contributed by atoms with E-state index in [9.17, 15) is 18.0 Å². The highest BCUT2D eigenvalue weighted by molar-refractivity contribution is 7.89. The van der Waals surface area contributed by atoms with Crippen molar-refractivity contribution >= 4 is 22.0 Å². The standard InChI is InChI=1S/C23H32N4O4S/c1-17-5-2-3-7-21(17)32(30,31)26-11-9-24(10-12-26)23(29)25-14-18-13-19(16-25)20-6-4-8-22(28)27(20)15-18/h2-3,5,7,18-20H,4,6,8-16H2,1H3/t18?,19?,20-/m1/s1. The number of carbonyl (C=O) groups excluding carboxylic acids is 2. The van der Waals surface area contributed by atoms with Gasteiger partial charge < -0.3 is 14.7 Å². The molecule has 1 aromatic carbocycles. The predicted octanol–water partition coefficient (Wildman–Crippen LogP) is 1.75. The monoisotopic (exact) mass is 460 g/mol. The fraction of sp³-hybridized carbons (Fsp3) is 0.652. The highest BCUT2D eigenvalue weighted by Gasteiger charge is 2.45. The number of likely N-dealkylation sites (tertiary alicyclic amines) is 1. The Balaban J connectivity index is 1.22. The highest BCUT2D eigenvalue weighted by Crippen LogP contribution is 2.38. The lowest BCUT2D eigenvalue weighted by Crippen LogP contribution is -2.63. The molecule has 32 heavy (non-hydrogen) atoms. The Morgan fingerprint density at radius 1 is 1.00 bits per heavy atom. The summed E-state index contributed by atoms with van der Waals surface area (Å²) in [7, 11) is -3.55. The molecule has 1 aromatic rings. The van der Waals surface area contributed by atoms with E-state index < -0.39 is 10.0 Å². The molecule has 0 radical (unpaired) electrons. The van der Waals surface area contributed by atoms with Crippen LogP contribution in [0.15, 0.2) is 29.2 Å². The number of hydrogen-bond donors (Lipinski definition) is 0. The predicted molar refractivity (Wildman–Crippen MR) is 119 cm³/mol. The minimum atomic E-state index is -3.55. The second-order valence-corrected chi connectivity index (χ2v) is 11.6. The third-order valence-corrected chi connectivity index (χ3v) is 9.73. The number of hydrogen-bond acceptors (Lipinski definition) is 4. The maximum absolute atomic E-state index is 13.3. The van der Waals surface area contributed by atoms with E-state index in [1.165, 1.54) is 4.31 Å². The molecule has 4 aliphatic rings. The van der Waals surface area contributed by atoms with Crippen LogP contribution in [0.25, 0.3) is 0 Å². The second kappa shape index (κ2) is 8.33. The number of piperidine rings is 3. The van der Waals surface area contributed by atoms with Gasteiger partial charge in [-0.15, -0.1) is 0 Å². The highest BCUT2D eigenvalue weighted by atomic mass is 32.2. The number of carbonyl (C=O) groups is 2. The molecule has 0 aromatic heterocycles. The van der Waals surface area contributed by atoms with Crippen molar-refractivity contribution in [3.8, 4) is 0 Å². The zero-order valence-electron chi connectivity index (χ0n) is 18.6. The van der Waals surface area contributed by atoms with Crippen LogP contribution >= 0.6 is 0 Å². The van der Waals surface area contributed by atoms with Crippen LogP contribution in [0, 0.1) is 18.8 Å². The first-order valence-electron chi connectivity index (χ1n) is 11.7. The van der Waals surface area contributed by atoms with E-state index in [0.717, 1.165) is 31.4 Å². The van der Waals surface area contributed by atoms with Gasteiger partial charge in [0.05, 0.1) is 4.90 Å². The molecule has 3 atom stereocenters. The Kier molecular flexibility index (Phi) is 5.65. The number of nitrogens with zero attached hydrogens (tertiary/aromatic N) is 4. The molecule has 4 heterocycles. The van der Waals surface area contributed by atoms with E-state index in [2.05, 4.69) is 4.90 Å². The van der Waals surface area contributed by atoms with Gasteiger partial charge in [0, 0.05) is 58.3 Å². The van der Waals surface area contributed by atoms with Gasteiger partial charge in [0.1, 0.15) is 0 Å². The Morgan fingerprint density at radius 2 is 1.75 bits per heavy atom. The zero-order valence-corrected chi connectivity index (χ0v) is 19.5. The van der Waals surface area contributed by atoms with Crippen molar-refractivity contribution in [3.63, 3.8) is 0 Å². The van der Waals surface area contributed by atoms with Crippen LogP contribution in [0.4, 0.5) is 4.79 Å². The number of rotatable bonds is 2. The lowest BCUT2D eigenvalue weighted by atomic mass is 9.76. The van der Waals surface area contributed by atoms with E-state index in [-0.39, 0.29) is 18.0 Å². The van der Waals surface area contributed by atoms with Crippen LogP contribution in [0.2, 0.25) is 0 Å². The van der Waals surface area contributed by atoms with E-state index in [1.54, 1.807) is 30.0 Å². The van der Waals surface area contributed by atoms with Crippen LogP contribution in [0.1, 0.15) is 31.2 Å². The van der Waals surface area contributed by atoms with E-state index in [1.807, 2.05) is 11.0 Å². The molecule has 0 N–H and O–H groups in total. The number of sulfonamides is 1. The number of piperazine rings is 1. The van der Waals surface area contributed by atoms with Gasteiger partial charge in [0.15, 0.2) is 0 Å². The number of amides is 3. The molecule has 4 saturated heterocycles. The van der Waals surface area contributed by atoms with E-state index in [4.69, 9.17) is 0 Å². The van der Waals surface area contributed by atoms with Gasteiger partial charge in [-0.3, -0.25) is 4.79 Å². The summed E-state index contributed by atoms with van der Waals surface area (Å²) in [5.41, 5.74) is 0.737. The first-order valence-corrected chi connectivity index (χ1v) is 13.2. The summed E-state index contributed by atoms with van der Waals surface area (Å²) in [5.74, 6) is 0.985. The maximum atomic E-state index is 13.3. The molecule has 4 aliphatic heterocycles. The van der Waals surface area contributed by atoms with Gasteiger partial charge >= 0.3 is 6.03 Å². The molecule has 4 fully saturated rings. The third kappa shape index (κ3) is 3.79. The van der Waals surface area contributed by atoms with Gasteiger partial charge in [-0.05, 0) is 49.7 Å².